The number of piperazine rings is 1. The van der Waals surface area contributed by atoms with Crippen LogP contribution in [-0.4, -0.2) is 48.3 Å². The number of hydrogen-bond acceptors (Lipinski definition) is 3. The van der Waals surface area contributed by atoms with E-state index < -0.39 is 5.60 Å². The predicted molar refractivity (Wildman–Crippen MR) is 111 cm³/mol. The van der Waals surface area contributed by atoms with E-state index in [1.54, 1.807) is 0 Å². The maximum atomic E-state index is 11.0. The number of nitrogens with one attached hydrogen (secondary N) is 1. The zero-order valence-corrected chi connectivity index (χ0v) is 17.1. The van der Waals surface area contributed by atoms with E-state index in [0.717, 1.165) is 69.9 Å². The summed E-state index contributed by atoms with van der Waals surface area (Å²) in [6, 6.07) is 8.22. The molecule has 144 valence electrons. The van der Waals surface area contributed by atoms with Crippen molar-refractivity contribution < 1.29 is 5.11 Å². The summed E-state index contributed by atoms with van der Waals surface area (Å²) in [6.45, 7) is 5.33. The lowest BCUT2D eigenvalue weighted by molar-refractivity contribution is -0.0128. The molecular formula is C19H31Cl3N2O. The molecule has 1 heterocycles. The van der Waals surface area contributed by atoms with Crippen molar-refractivity contribution in [2.75, 3.05) is 32.7 Å². The van der Waals surface area contributed by atoms with Crippen LogP contribution in [0.2, 0.25) is 5.02 Å². The van der Waals surface area contributed by atoms with Gasteiger partial charge in [0.2, 0.25) is 0 Å². The smallest absolute Gasteiger partial charge is 0.0654 e. The molecule has 1 unspecified atom stereocenters. The number of rotatable bonds is 5. The third-order valence-corrected chi connectivity index (χ3v) is 5.65. The van der Waals surface area contributed by atoms with Crippen LogP contribution in [0, 0.1) is 0 Å². The van der Waals surface area contributed by atoms with Crippen molar-refractivity contribution >= 4 is 36.4 Å². The molecule has 1 aliphatic heterocycles. The molecule has 2 aliphatic rings. The second kappa shape index (κ2) is 11.0. The average Bonchev–Trinajstić information content (AvgIpc) is 2.56. The molecule has 1 saturated heterocycles. The van der Waals surface area contributed by atoms with Gasteiger partial charge in [0, 0.05) is 37.7 Å². The third kappa shape index (κ3) is 6.89. The van der Waals surface area contributed by atoms with Crippen LogP contribution in [0.3, 0.4) is 0 Å². The van der Waals surface area contributed by atoms with Crippen molar-refractivity contribution in [2.45, 2.75) is 50.0 Å². The molecular weight excluding hydrogens is 379 g/mol. The molecule has 3 rings (SSSR count). The Morgan fingerprint density at radius 3 is 2.44 bits per heavy atom. The van der Waals surface area contributed by atoms with E-state index in [9.17, 15) is 5.11 Å². The second-order valence-electron chi connectivity index (χ2n) is 7.29. The van der Waals surface area contributed by atoms with E-state index >= 15 is 0 Å². The van der Waals surface area contributed by atoms with Gasteiger partial charge in [-0.2, -0.15) is 0 Å². The molecule has 2 fully saturated rings. The van der Waals surface area contributed by atoms with Crippen LogP contribution < -0.4 is 5.32 Å². The van der Waals surface area contributed by atoms with Crippen LogP contribution in [0.5, 0.6) is 0 Å². The Kier molecular flexibility index (Phi) is 10.1. The van der Waals surface area contributed by atoms with Gasteiger partial charge in [-0.1, -0.05) is 43.0 Å². The molecule has 0 radical (unpaired) electrons. The van der Waals surface area contributed by atoms with Crippen molar-refractivity contribution in [3.63, 3.8) is 0 Å². The van der Waals surface area contributed by atoms with Gasteiger partial charge in [-0.25, -0.2) is 0 Å². The highest BCUT2D eigenvalue weighted by atomic mass is 35.5. The van der Waals surface area contributed by atoms with E-state index in [1.807, 2.05) is 12.1 Å². The number of benzene rings is 1. The largest absolute Gasteiger partial charge is 0.390 e. The lowest BCUT2D eigenvalue weighted by Gasteiger charge is -2.38. The van der Waals surface area contributed by atoms with Gasteiger partial charge >= 0.3 is 0 Å². The topological polar surface area (TPSA) is 35.5 Å². The van der Waals surface area contributed by atoms with Crippen molar-refractivity contribution in [1.29, 1.82) is 0 Å². The summed E-state index contributed by atoms with van der Waals surface area (Å²) >= 11 is 6.22. The minimum Gasteiger partial charge on any atom is -0.390 e. The molecule has 0 amide bonds. The SMILES string of the molecule is Cl.Cl.OC1(CC(CN2CCNCC2)c2cccc(Cl)c2)CCCCC1. The second-order valence-corrected chi connectivity index (χ2v) is 7.73. The summed E-state index contributed by atoms with van der Waals surface area (Å²) in [4.78, 5) is 2.52. The molecule has 2 N–H and O–H groups in total. The summed E-state index contributed by atoms with van der Waals surface area (Å²) in [6.07, 6.45) is 6.34. The minimum atomic E-state index is -0.487. The highest BCUT2D eigenvalue weighted by Gasteiger charge is 2.33. The van der Waals surface area contributed by atoms with Crippen molar-refractivity contribution in [2.24, 2.45) is 0 Å². The Morgan fingerprint density at radius 1 is 1.12 bits per heavy atom. The standard InChI is InChI=1S/C19H29ClN2O.2ClH/c20-18-6-4-5-16(13-18)17(15-22-11-9-21-10-12-22)14-19(23)7-2-1-3-8-19;;/h4-6,13,17,21,23H,1-3,7-12,14-15H2;2*1H. The van der Waals surface area contributed by atoms with Crippen molar-refractivity contribution in [1.82, 2.24) is 10.2 Å². The van der Waals surface area contributed by atoms with E-state index in [0.29, 0.717) is 5.92 Å². The minimum absolute atomic E-state index is 0. The Morgan fingerprint density at radius 2 is 1.80 bits per heavy atom. The Hall–Kier alpha value is -0.0300. The number of nitrogens with zero attached hydrogens (tertiary/aromatic N) is 1. The Labute approximate surface area is 169 Å². The van der Waals surface area contributed by atoms with Gasteiger partial charge in [0.1, 0.15) is 0 Å². The van der Waals surface area contributed by atoms with Crippen LogP contribution in [-0.2, 0) is 0 Å². The average molecular weight is 410 g/mol. The first-order valence-corrected chi connectivity index (χ1v) is 9.43. The molecule has 1 aliphatic carbocycles. The predicted octanol–water partition coefficient (Wildman–Crippen LogP) is 4.26. The normalized spacial score (nSPS) is 21.7. The summed E-state index contributed by atoms with van der Waals surface area (Å²) in [5, 5.41) is 15.2. The third-order valence-electron chi connectivity index (χ3n) is 5.42. The van der Waals surface area contributed by atoms with Crippen molar-refractivity contribution in [3.05, 3.63) is 34.9 Å². The van der Waals surface area contributed by atoms with E-state index in [4.69, 9.17) is 11.6 Å². The quantitative estimate of drug-likeness (QED) is 0.763. The number of halogens is 3. The Bertz CT molecular complexity index is 503. The lowest BCUT2D eigenvalue weighted by atomic mass is 9.77. The molecule has 25 heavy (non-hydrogen) atoms. The molecule has 1 saturated carbocycles. The first-order valence-electron chi connectivity index (χ1n) is 9.06. The monoisotopic (exact) mass is 408 g/mol. The van der Waals surface area contributed by atoms with Gasteiger partial charge in [0.05, 0.1) is 5.60 Å². The van der Waals surface area contributed by atoms with Gasteiger partial charge in [-0.05, 0) is 42.9 Å². The fraction of sp³-hybridized carbons (Fsp3) is 0.684. The number of aliphatic hydroxyl groups is 1. The first-order chi connectivity index (χ1) is 11.1. The number of hydrogen-bond donors (Lipinski definition) is 2. The van der Waals surface area contributed by atoms with Crippen LogP contribution in [0.15, 0.2) is 24.3 Å². The molecule has 6 heteroatoms. The Balaban J connectivity index is 0.00000156. The fourth-order valence-electron chi connectivity index (χ4n) is 4.13. The van der Waals surface area contributed by atoms with E-state index in [2.05, 4.69) is 22.3 Å². The van der Waals surface area contributed by atoms with E-state index in [-0.39, 0.29) is 24.8 Å². The zero-order chi connectivity index (χ0) is 16.1. The van der Waals surface area contributed by atoms with Gasteiger partial charge in [0.25, 0.3) is 0 Å². The van der Waals surface area contributed by atoms with E-state index in [1.165, 1.54) is 12.0 Å². The van der Waals surface area contributed by atoms with Crippen LogP contribution in [0.1, 0.15) is 50.0 Å². The van der Waals surface area contributed by atoms with Crippen LogP contribution in [0.4, 0.5) is 0 Å². The maximum absolute atomic E-state index is 11.0. The summed E-state index contributed by atoms with van der Waals surface area (Å²) in [5.74, 6) is 0.356. The lowest BCUT2D eigenvalue weighted by Crippen LogP contribution is -2.46. The molecule has 1 aromatic rings. The molecule has 0 bridgehead atoms. The van der Waals surface area contributed by atoms with Gasteiger partial charge in [-0.15, -0.1) is 24.8 Å². The highest BCUT2D eigenvalue weighted by Crippen LogP contribution is 2.37. The molecule has 0 aromatic heterocycles. The van der Waals surface area contributed by atoms with Crippen molar-refractivity contribution in [3.8, 4) is 0 Å². The summed E-state index contributed by atoms with van der Waals surface area (Å²) in [5.41, 5.74) is 0.786. The van der Waals surface area contributed by atoms with Gasteiger partial charge < -0.3 is 15.3 Å². The van der Waals surface area contributed by atoms with Crippen LogP contribution in [0.25, 0.3) is 0 Å². The maximum Gasteiger partial charge on any atom is 0.0654 e. The molecule has 3 nitrogen and oxygen atoms in total. The van der Waals surface area contributed by atoms with Crippen LogP contribution >= 0.6 is 36.4 Å². The summed E-state index contributed by atoms with van der Waals surface area (Å²) in [7, 11) is 0. The summed E-state index contributed by atoms with van der Waals surface area (Å²) < 4.78 is 0. The fourth-order valence-corrected chi connectivity index (χ4v) is 4.33. The highest BCUT2D eigenvalue weighted by molar-refractivity contribution is 6.30. The van der Waals surface area contributed by atoms with Gasteiger partial charge in [0.15, 0.2) is 0 Å². The molecule has 0 spiro atoms. The zero-order valence-electron chi connectivity index (χ0n) is 14.8. The molecule has 1 atom stereocenters. The van der Waals surface area contributed by atoms with Gasteiger partial charge in [-0.3, -0.25) is 0 Å². The first kappa shape index (κ1) is 23.0. The molecule has 1 aromatic carbocycles.